The lowest BCUT2D eigenvalue weighted by molar-refractivity contribution is -0.0578. The van der Waals surface area contributed by atoms with Gasteiger partial charge in [-0.3, -0.25) is 14.4 Å². The van der Waals surface area contributed by atoms with Crippen LogP contribution >= 0.6 is 0 Å². The third-order valence-corrected chi connectivity index (χ3v) is 9.37. The summed E-state index contributed by atoms with van der Waals surface area (Å²) in [5, 5.41) is 12.2. The second-order valence-electron chi connectivity index (χ2n) is 11.8. The molecule has 9 nitrogen and oxygen atoms in total. The third-order valence-electron chi connectivity index (χ3n) is 9.37. The van der Waals surface area contributed by atoms with E-state index in [-0.39, 0.29) is 5.91 Å². The Balaban J connectivity index is 1.40. The summed E-state index contributed by atoms with van der Waals surface area (Å²) in [6, 6.07) is 3.14. The van der Waals surface area contributed by atoms with Crippen molar-refractivity contribution >= 4 is 22.5 Å². The molecule has 0 radical (unpaired) electrons. The lowest BCUT2D eigenvalue weighted by atomic mass is 9.86. The van der Waals surface area contributed by atoms with Crippen LogP contribution in [0.25, 0.3) is 10.9 Å². The van der Waals surface area contributed by atoms with Gasteiger partial charge in [-0.15, -0.1) is 0 Å². The minimum atomic E-state index is -0.0439. The van der Waals surface area contributed by atoms with Crippen molar-refractivity contribution in [3.8, 4) is 0 Å². The molecule has 2 N–H and O–H groups in total. The first kappa shape index (κ1) is 29.6. The first-order chi connectivity index (χ1) is 19.8. The molecule has 1 aromatic heterocycles. The molecule has 3 aliphatic rings. The van der Waals surface area contributed by atoms with Gasteiger partial charge in [0, 0.05) is 69.1 Å². The predicted octanol–water partition coefficient (Wildman–Crippen LogP) is 4.13. The fourth-order valence-electron chi connectivity index (χ4n) is 6.86. The number of allylic oxidation sites excluding steroid dienone is 3. The number of carbonyl (C=O) groups is 1. The summed E-state index contributed by atoms with van der Waals surface area (Å²) >= 11 is 0. The summed E-state index contributed by atoms with van der Waals surface area (Å²) in [6.45, 7) is 12.9. The number of benzene rings is 1. The number of hydrogen-bond acceptors (Lipinski definition) is 7. The molecule has 0 unspecified atom stereocenters. The molecular weight excluding hydrogens is 516 g/mol. The van der Waals surface area contributed by atoms with Crippen LogP contribution in [0.4, 0.5) is 5.69 Å². The number of ether oxygens (including phenoxy) is 2. The highest BCUT2D eigenvalue weighted by molar-refractivity contribution is 6.05. The molecule has 0 atom stereocenters. The molecule has 2 aromatic rings. The Hall–Kier alpha value is -2.88. The predicted molar refractivity (Wildman–Crippen MR) is 164 cm³/mol. The second kappa shape index (κ2) is 13.0. The van der Waals surface area contributed by atoms with Crippen molar-refractivity contribution in [3.63, 3.8) is 0 Å². The Morgan fingerprint density at radius 1 is 1.22 bits per heavy atom. The third kappa shape index (κ3) is 6.17. The molecule has 3 heterocycles. The smallest absolute Gasteiger partial charge is 0.251 e. The van der Waals surface area contributed by atoms with Gasteiger partial charge in [0.2, 0.25) is 0 Å². The molecular formula is C32H48N6O3. The van der Waals surface area contributed by atoms with Gasteiger partial charge in [0.1, 0.15) is 6.73 Å². The molecule has 1 aliphatic carbocycles. The fourth-order valence-corrected chi connectivity index (χ4v) is 6.86. The molecule has 224 valence electrons. The summed E-state index contributed by atoms with van der Waals surface area (Å²) in [5.41, 5.74) is 7.31. The van der Waals surface area contributed by atoms with Crippen LogP contribution in [0.2, 0.25) is 0 Å². The first-order valence-electron chi connectivity index (χ1n) is 15.3. The SMILES string of the molecule is CCc1c(C(=O)NC/C2=C(C)/C=C(/C)NCOC2)cc2c(cnn2C)c1N(CC)C1CCC(N2CC(OC)C2)CC1. The molecule has 1 saturated carbocycles. The average molecular weight is 565 g/mol. The van der Waals surface area contributed by atoms with Crippen LogP contribution in [0.5, 0.6) is 0 Å². The standard InChI is InChI=1S/C32H48N6O3/c1-7-27-28(32(39)33-15-23-19-41-20-34-22(4)13-21(23)3)14-30-29(16-35-36(30)5)31(27)38(8-2)25-11-9-24(10-12-25)37-17-26(18-37)40-6/h13-14,16,24-26,34H,7-12,15,17-20H2,1-6H3,(H,33,39)/b22-13-,23-21-. The maximum absolute atomic E-state index is 13.9. The van der Waals surface area contributed by atoms with Crippen molar-refractivity contribution in [1.82, 2.24) is 25.3 Å². The molecule has 5 rings (SSSR count). The molecule has 2 aliphatic heterocycles. The lowest BCUT2D eigenvalue weighted by Gasteiger charge is -2.47. The number of methoxy groups -OCH3 is 1. The van der Waals surface area contributed by atoms with E-state index in [2.05, 4.69) is 52.4 Å². The number of fused-ring (bicyclic) bond motifs is 1. The normalized spacial score (nSPS) is 25.6. The maximum atomic E-state index is 13.9. The number of carbonyl (C=O) groups excluding carboxylic acids is 1. The van der Waals surface area contributed by atoms with Gasteiger partial charge in [-0.1, -0.05) is 6.92 Å². The Morgan fingerprint density at radius 2 is 1.98 bits per heavy atom. The number of amides is 1. The topological polar surface area (TPSA) is 83.9 Å². The monoisotopic (exact) mass is 564 g/mol. The van der Waals surface area contributed by atoms with Crippen molar-refractivity contribution < 1.29 is 14.3 Å². The number of rotatable bonds is 9. The molecule has 9 heteroatoms. The molecule has 0 spiro atoms. The van der Waals surface area contributed by atoms with E-state index >= 15 is 0 Å². The van der Waals surface area contributed by atoms with E-state index in [1.807, 2.05) is 38.0 Å². The van der Waals surface area contributed by atoms with Crippen LogP contribution in [-0.2, 0) is 22.9 Å². The number of hydrogen-bond donors (Lipinski definition) is 2. The van der Waals surface area contributed by atoms with E-state index in [4.69, 9.17) is 9.47 Å². The molecule has 41 heavy (non-hydrogen) atoms. The van der Waals surface area contributed by atoms with Crippen molar-refractivity contribution in [1.29, 1.82) is 0 Å². The first-order valence-corrected chi connectivity index (χ1v) is 15.3. The van der Waals surface area contributed by atoms with E-state index in [1.165, 1.54) is 18.5 Å². The minimum Gasteiger partial charge on any atom is -0.379 e. The van der Waals surface area contributed by atoms with Gasteiger partial charge in [-0.25, -0.2) is 0 Å². The van der Waals surface area contributed by atoms with E-state index in [0.29, 0.717) is 38.1 Å². The number of anilines is 1. The van der Waals surface area contributed by atoms with Crippen molar-refractivity contribution in [3.05, 3.63) is 46.3 Å². The van der Waals surface area contributed by atoms with Gasteiger partial charge in [0.05, 0.1) is 30.1 Å². The Morgan fingerprint density at radius 3 is 2.66 bits per heavy atom. The summed E-state index contributed by atoms with van der Waals surface area (Å²) in [5.74, 6) is -0.0439. The quantitative estimate of drug-likeness (QED) is 0.474. The van der Waals surface area contributed by atoms with Crippen molar-refractivity contribution in [2.24, 2.45) is 7.05 Å². The molecule has 1 aromatic carbocycles. The van der Waals surface area contributed by atoms with Crippen LogP contribution in [-0.4, -0.2) is 85.4 Å². The second-order valence-corrected chi connectivity index (χ2v) is 11.8. The summed E-state index contributed by atoms with van der Waals surface area (Å²) in [4.78, 5) is 19.0. The van der Waals surface area contributed by atoms with Crippen molar-refractivity contribution in [2.45, 2.75) is 78.0 Å². The number of nitrogens with zero attached hydrogens (tertiary/aromatic N) is 4. The average Bonchev–Trinajstić information content (AvgIpc) is 3.31. The highest BCUT2D eigenvalue weighted by atomic mass is 16.5. The van der Waals surface area contributed by atoms with Gasteiger partial charge < -0.3 is 25.0 Å². The Kier molecular flexibility index (Phi) is 9.36. The zero-order chi connectivity index (χ0) is 29.1. The van der Waals surface area contributed by atoms with Gasteiger partial charge in [-0.2, -0.15) is 5.10 Å². The van der Waals surface area contributed by atoms with Crippen LogP contribution in [0, 0.1) is 0 Å². The molecule has 1 amide bonds. The number of nitrogens with one attached hydrogen (secondary N) is 2. The Labute approximate surface area is 244 Å². The largest absolute Gasteiger partial charge is 0.379 e. The highest BCUT2D eigenvalue weighted by Crippen LogP contribution is 2.39. The van der Waals surface area contributed by atoms with Crippen LogP contribution in [0.15, 0.2) is 35.2 Å². The zero-order valence-corrected chi connectivity index (χ0v) is 25.8. The lowest BCUT2D eigenvalue weighted by Crippen LogP contribution is -2.57. The minimum absolute atomic E-state index is 0.0439. The van der Waals surface area contributed by atoms with E-state index in [1.54, 1.807) is 0 Å². The van der Waals surface area contributed by atoms with Crippen molar-refractivity contribution in [2.75, 3.05) is 51.5 Å². The van der Waals surface area contributed by atoms with Crippen LogP contribution in [0.3, 0.4) is 0 Å². The fraction of sp³-hybridized carbons (Fsp3) is 0.625. The highest BCUT2D eigenvalue weighted by Gasteiger charge is 2.36. The summed E-state index contributed by atoms with van der Waals surface area (Å²) in [7, 11) is 3.78. The van der Waals surface area contributed by atoms with E-state index < -0.39 is 0 Å². The number of likely N-dealkylation sites (tertiary alicyclic amines) is 1. The summed E-state index contributed by atoms with van der Waals surface area (Å²) in [6.07, 6.45) is 9.99. The molecule has 0 bridgehead atoms. The zero-order valence-electron chi connectivity index (χ0n) is 25.8. The number of aromatic nitrogens is 2. The van der Waals surface area contributed by atoms with Gasteiger partial charge >= 0.3 is 0 Å². The van der Waals surface area contributed by atoms with Crippen LogP contribution < -0.4 is 15.5 Å². The Bertz CT molecular complexity index is 1300. The van der Waals surface area contributed by atoms with E-state index in [0.717, 1.165) is 77.8 Å². The summed E-state index contributed by atoms with van der Waals surface area (Å²) < 4.78 is 13.2. The molecule has 2 fully saturated rings. The maximum Gasteiger partial charge on any atom is 0.251 e. The van der Waals surface area contributed by atoms with E-state index in [9.17, 15) is 4.79 Å². The number of aryl methyl sites for hydroxylation is 1. The van der Waals surface area contributed by atoms with Crippen LogP contribution in [0.1, 0.15) is 69.3 Å². The van der Waals surface area contributed by atoms with Gasteiger partial charge in [0.25, 0.3) is 5.91 Å². The van der Waals surface area contributed by atoms with Gasteiger partial charge in [0.15, 0.2) is 0 Å². The molecule has 1 saturated heterocycles. The van der Waals surface area contributed by atoms with Gasteiger partial charge in [-0.05, 0) is 81.7 Å².